The van der Waals surface area contributed by atoms with E-state index in [4.69, 9.17) is 9.47 Å². The average molecular weight is 396 g/mol. The smallest absolute Gasteiger partial charge is 0.338 e. The molecule has 1 saturated heterocycles. The average Bonchev–Trinajstić information content (AvgIpc) is 3.09. The summed E-state index contributed by atoms with van der Waals surface area (Å²) in [6, 6.07) is 8.97. The molecule has 1 aliphatic carbocycles. The highest BCUT2D eigenvalue weighted by molar-refractivity contribution is 5.93. The molecular weight excluding hydrogens is 368 g/mol. The monoisotopic (exact) mass is 396 g/mol. The number of esters is 1. The van der Waals surface area contributed by atoms with Crippen LogP contribution in [0.5, 0.6) is 0 Å². The highest BCUT2D eigenvalue weighted by Gasteiger charge is 2.56. The van der Waals surface area contributed by atoms with Crippen LogP contribution in [0, 0.1) is 17.8 Å². The van der Waals surface area contributed by atoms with E-state index in [-0.39, 0.29) is 42.4 Å². The molecule has 2 heterocycles. The number of fused-ring (bicyclic) bond motifs is 5. The van der Waals surface area contributed by atoms with Crippen molar-refractivity contribution in [2.24, 2.45) is 17.8 Å². The Kier molecular flexibility index (Phi) is 5.45. The van der Waals surface area contributed by atoms with Crippen LogP contribution in [0.15, 0.2) is 54.1 Å². The fourth-order valence-electron chi connectivity index (χ4n) is 5.14. The minimum absolute atomic E-state index is 0.0512. The maximum Gasteiger partial charge on any atom is 0.338 e. The van der Waals surface area contributed by atoms with Crippen LogP contribution in [0.1, 0.15) is 43.5 Å². The number of benzene rings is 1. The number of rotatable bonds is 3. The summed E-state index contributed by atoms with van der Waals surface area (Å²) in [4.78, 5) is 25.3. The van der Waals surface area contributed by atoms with Crippen LogP contribution in [0.4, 0.5) is 0 Å². The minimum atomic E-state index is -0.837. The van der Waals surface area contributed by atoms with Gasteiger partial charge in [-0.25, -0.2) is 4.79 Å². The third kappa shape index (κ3) is 3.69. The molecule has 0 amide bonds. The lowest BCUT2D eigenvalue weighted by atomic mass is 9.68. The van der Waals surface area contributed by atoms with E-state index in [0.29, 0.717) is 12.0 Å². The summed E-state index contributed by atoms with van der Waals surface area (Å²) in [6.07, 6.45) is 7.24. The molecule has 2 bridgehead atoms. The summed E-state index contributed by atoms with van der Waals surface area (Å²) < 4.78 is 12.6. The number of carbonyl (C=O) groups is 2. The van der Waals surface area contributed by atoms with Gasteiger partial charge in [0.05, 0.1) is 24.2 Å². The van der Waals surface area contributed by atoms with Gasteiger partial charge in [-0.15, -0.1) is 0 Å². The lowest BCUT2D eigenvalue weighted by Crippen LogP contribution is -2.48. The van der Waals surface area contributed by atoms with Gasteiger partial charge in [-0.3, -0.25) is 4.79 Å². The van der Waals surface area contributed by atoms with E-state index in [1.54, 1.807) is 18.2 Å². The van der Waals surface area contributed by atoms with Crippen LogP contribution < -0.4 is 0 Å². The second-order valence-electron chi connectivity index (χ2n) is 8.66. The second-order valence-corrected chi connectivity index (χ2v) is 8.66. The predicted octanol–water partition coefficient (Wildman–Crippen LogP) is 3.48. The fourth-order valence-corrected chi connectivity index (χ4v) is 5.14. The highest BCUT2D eigenvalue weighted by atomic mass is 16.6. The molecule has 5 heteroatoms. The van der Waals surface area contributed by atoms with E-state index in [2.05, 4.69) is 13.0 Å². The van der Waals surface area contributed by atoms with E-state index in [0.717, 1.165) is 12.8 Å². The number of aliphatic hydroxyl groups excluding tert-OH is 1. The van der Waals surface area contributed by atoms with Crippen molar-refractivity contribution in [2.75, 3.05) is 6.61 Å². The maximum atomic E-state index is 12.9. The van der Waals surface area contributed by atoms with Gasteiger partial charge in [-0.2, -0.15) is 0 Å². The molecule has 3 aliphatic rings. The molecule has 1 N–H and O–H groups in total. The molecule has 5 nitrogen and oxygen atoms in total. The number of ether oxygens (including phenoxy) is 2. The van der Waals surface area contributed by atoms with Crippen molar-refractivity contribution < 1.29 is 24.2 Å². The van der Waals surface area contributed by atoms with Gasteiger partial charge in [0.15, 0.2) is 5.78 Å². The maximum absolute atomic E-state index is 12.9. The molecule has 29 heavy (non-hydrogen) atoms. The molecule has 0 saturated carbocycles. The van der Waals surface area contributed by atoms with Crippen molar-refractivity contribution in [3.8, 4) is 0 Å². The van der Waals surface area contributed by atoms with Crippen LogP contribution in [0.2, 0.25) is 0 Å². The molecule has 1 aromatic carbocycles. The zero-order chi connectivity index (χ0) is 20.6. The quantitative estimate of drug-likeness (QED) is 0.626. The Morgan fingerprint density at radius 3 is 2.79 bits per heavy atom. The Morgan fingerprint density at radius 1 is 1.31 bits per heavy atom. The molecule has 1 fully saturated rings. The summed E-state index contributed by atoms with van der Waals surface area (Å²) in [5.41, 5.74) is 0.872. The number of hydrogen-bond donors (Lipinski definition) is 1. The Bertz CT molecular complexity index is 842. The minimum Gasteiger partial charge on any atom is -0.453 e. The van der Waals surface area contributed by atoms with Crippen molar-refractivity contribution in [3.63, 3.8) is 0 Å². The topological polar surface area (TPSA) is 72.8 Å². The molecule has 0 aromatic heterocycles. The first-order valence-corrected chi connectivity index (χ1v) is 10.4. The number of carbonyl (C=O) groups excluding carboxylic acids is 2. The first kappa shape index (κ1) is 20.0. The van der Waals surface area contributed by atoms with Gasteiger partial charge in [0.1, 0.15) is 11.7 Å². The van der Waals surface area contributed by atoms with Crippen LogP contribution in [-0.2, 0) is 14.3 Å². The Morgan fingerprint density at radius 2 is 2.07 bits per heavy atom. The van der Waals surface area contributed by atoms with Crippen LogP contribution in [0.3, 0.4) is 0 Å². The van der Waals surface area contributed by atoms with Gasteiger partial charge >= 0.3 is 5.97 Å². The van der Waals surface area contributed by atoms with Crippen LogP contribution >= 0.6 is 0 Å². The lowest BCUT2D eigenvalue weighted by molar-refractivity contribution is -0.123. The van der Waals surface area contributed by atoms with Gasteiger partial charge in [0.2, 0.25) is 0 Å². The third-order valence-electron chi connectivity index (χ3n) is 6.65. The molecule has 0 spiro atoms. The van der Waals surface area contributed by atoms with E-state index in [1.165, 1.54) is 5.57 Å². The normalized spacial score (nSPS) is 38.2. The SMILES string of the molecule is C/C1=C/CC[C@@](C)(OC(=O)c2ccccc2)[C@@H]2O[C@H](C1)[C@@H]1[C@H]2C=CC(=O)[C@H]1CO. The van der Waals surface area contributed by atoms with Gasteiger partial charge in [0.25, 0.3) is 0 Å². The molecule has 6 atom stereocenters. The molecule has 2 aliphatic heterocycles. The molecular formula is C24H28O5. The van der Waals surface area contributed by atoms with Gasteiger partial charge < -0.3 is 14.6 Å². The summed E-state index contributed by atoms with van der Waals surface area (Å²) in [5.74, 6) is -1.08. The molecule has 154 valence electrons. The standard InChI is InChI=1S/C24H28O5/c1-15-7-6-12-24(2,29-23(27)16-8-4-3-5-9-16)22-17-10-11-19(26)18(14-25)21(17)20(13-15)28-22/h3-5,7-11,17-18,20-22,25H,6,12-14H2,1-2H3/b15-7-/t17-,18-,20-,21-,22-,24-/m1/s1. The van der Waals surface area contributed by atoms with Crippen molar-refractivity contribution in [1.29, 1.82) is 0 Å². The Hall–Kier alpha value is -2.24. The summed E-state index contributed by atoms with van der Waals surface area (Å²) >= 11 is 0. The van der Waals surface area contributed by atoms with Crippen LogP contribution in [-0.4, -0.2) is 41.3 Å². The summed E-state index contributed by atoms with van der Waals surface area (Å²) in [6.45, 7) is 3.81. The second kappa shape index (κ2) is 7.88. The Balaban J connectivity index is 1.70. The molecule has 1 aromatic rings. The van der Waals surface area contributed by atoms with Crippen LogP contribution in [0.25, 0.3) is 0 Å². The van der Waals surface area contributed by atoms with E-state index >= 15 is 0 Å². The van der Waals surface area contributed by atoms with Gasteiger partial charge in [-0.05, 0) is 51.3 Å². The first-order chi connectivity index (χ1) is 13.9. The zero-order valence-corrected chi connectivity index (χ0v) is 16.9. The number of hydrogen-bond acceptors (Lipinski definition) is 5. The largest absolute Gasteiger partial charge is 0.453 e. The predicted molar refractivity (Wildman–Crippen MR) is 108 cm³/mol. The van der Waals surface area contributed by atoms with E-state index in [1.807, 2.05) is 31.2 Å². The van der Waals surface area contributed by atoms with Gasteiger partial charge in [-0.1, -0.05) is 35.9 Å². The first-order valence-electron chi connectivity index (χ1n) is 10.4. The zero-order valence-electron chi connectivity index (χ0n) is 16.9. The van der Waals surface area contributed by atoms with Crippen molar-refractivity contribution in [3.05, 3.63) is 59.7 Å². The highest BCUT2D eigenvalue weighted by Crippen LogP contribution is 2.49. The van der Waals surface area contributed by atoms with Crippen molar-refractivity contribution in [1.82, 2.24) is 0 Å². The van der Waals surface area contributed by atoms with E-state index in [9.17, 15) is 14.7 Å². The van der Waals surface area contributed by atoms with Crippen molar-refractivity contribution in [2.45, 2.75) is 50.9 Å². The molecule has 0 unspecified atom stereocenters. The third-order valence-corrected chi connectivity index (χ3v) is 6.65. The number of allylic oxidation sites excluding steroid dienone is 2. The number of aliphatic hydroxyl groups is 1. The molecule has 0 radical (unpaired) electrons. The summed E-state index contributed by atoms with van der Waals surface area (Å²) in [7, 11) is 0. The fraction of sp³-hybridized carbons (Fsp3) is 0.500. The Labute approximate surface area is 171 Å². The number of ketones is 1. The van der Waals surface area contributed by atoms with Crippen molar-refractivity contribution >= 4 is 11.8 Å². The summed E-state index contributed by atoms with van der Waals surface area (Å²) in [5, 5.41) is 9.90. The van der Waals surface area contributed by atoms with E-state index < -0.39 is 11.5 Å². The lowest BCUT2D eigenvalue weighted by Gasteiger charge is -2.38. The van der Waals surface area contributed by atoms with Gasteiger partial charge in [0, 0.05) is 11.8 Å². The molecule has 4 rings (SSSR count).